The van der Waals surface area contributed by atoms with Gasteiger partial charge in [0, 0.05) is 29.9 Å². The lowest BCUT2D eigenvalue weighted by Gasteiger charge is -2.12. The van der Waals surface area contributed by atoms with Crippen LogP contribution in [-0.4, -0.2) is 22.6 Å². The van der Waals surface area contributed by atoms with Crippen molar-refractivity contribution in [2.45, 2.75) is 43.7 Å². The number of allylic oxidation sites excluding steroid dienone is 3. The molecule has 6 nitrogen and oxygen atoms in total. The predicted octanol–water partition coefficient (Wildman–Crippen LogP) is 6.74. The molecule has 1 unspecified atom stereocenters. The molecule has 36 heavy (non-hydrogen) atoms. The van der Waals surface area contributed by atoms with Gasteiger partial charge in [-0.05, 0) is 54.3 Å². The molecule has 1 aliphatic rings. The number of unbranched alkanes of at least 4 members (excludes halogenated alkanes) is 2. The number of nitriles is 1. The number of thioether (sulfide) groups is 1. The largest absolute Gasteiger partial charge is 0.497 e. The second-order valence-corrected chi connectivity index (χ2v) is 9.63. The van der Waals surface area contributed by atoms with Crippen LogP contribution < -0.4 is 10.1 Å². The molecule has 0 bridgehead atoms. The average Bonchev–Trinajstić information content (AvgIpc) is 3.51. The molecule has 1 amide bonds. The van der Waals surface area contributed by atoms with Gasteiger partial charge in [-0.25, -0.2) is 0 Å². The van der Waals surface area contributed by atoms with Gasteiger partial charge in [-0.1, -0.05) is 44.0 Å². The van der Waals surface area contributed by atoms with E-state index >= 15 is 0 Å². The lowest BCUT2D eigenvalue weighted by atomic mass is 9.98. The van der Waals surface area contributed by atoms with Gasteiger partial charge < -0.3 is 14.6 Å². The number of hydrogen-bond donors (Lipinski definition) is 1. The molecule has 2 aromatic heterocycles. The van der Waals surface area contributed by atoms with E-state index in [-0.39, 0.29) is 10.9 Å². The van der Waals surface area contributed by atoms with E-state index in [2.05, 4.69) is 33.9 Å². The van der Waals surface area contributed by atoms with E-state index in [0.29, 0.717) is 0 Å². The minimum absolute atomic E-state index is 0.0749. The summed E-state index contributed by atoms with van der Waals surface area (Å²) < 4.78 is 7.43. The van der Waals surface area contributed by atoms with Crippen LogP contribution in [0.1, 0.15) is 54.8 Å². The molecule has 1 atom stereocenters. The number of benzene rings is 1. The summed E-state index contributed by atoms with van der Waals surface area (Å²) in [6.45, 7) is 2.17. The molecule has 0 saturated carbocycles. The standard InChI is InChI=1S/C29H30N4O2S/c1-3-4-5-7-21(22-11-13-25(35-2)14-12-22)9-10-23(18-30)28(34)32-26-15-17-33-27(26)20-36-29(33)24-8-6-16-31-19-24/h6,8-17,19,29H,3-5,7,20H2,1-2H3,(H,32,34). The van der Waals surface area contributed by atoms with Crippen molar-refractivity contribution in [3.63, 3.8) is 0 Å². The van der Waals surface area contributed by atoms with Crippen LogP contribution in [0.25, 0.3) is 5.57 Å². The summed E-state index contributed by atoms with van der Waals surface area (Å²) in [5.74, 6) is 1.16. The maximum Gasteiger partial charge on any atom is 0.266 e. The zero-order valence-electron chi connectivity index (χ0n) is 20.6. The first kappa shape index (κ1) is 25.3. The number of ether oxygens (including phenoxy) is 1. The third-order valence-electron chi connectivity index (χ3n) is 6.20. The van der Waals surface area contributed by atoms with Crippen LogP contribution in [0, 0.1) is 11.3 Å². The zero-order chi connectivity index (χ0) is 25.3. The maximum absolute atomic E-state index is 13.0. The second kappa shape index (κ2) is 12.3. The molecule has 3 heterocycles. The second-order valence-electron chi connectivity index (χ2n) is 8.56. The van der Waals surface area contributed by atoms with E-state index in [0.717, 1.165) is 65.3 Å². The van der Waals surface area contributed by atoms with Crippen molar-refractivity contribution in [1.29, 1.82) is 5.26 Å². The Morgan fingerprint density at radius 1 is 1.25 bits per heavy atom. The number of rotatable bonds is 10. The number of fused-ring (bicyclic) bond motifs is 1. The molecule has 0 fully saturated rings. The first-order valence-corrected chi connectivity index (χ1v) is 13.2. The lowest BCUT2D eigenvalue weighted by molar-refractivity contribution is -0.112. The molecule has 3 aromatic rings. The van der Waals surface area contributed by atoms with E-state index < -0.39 is 5.91 Å². The Bertz CT molecular complexity index is 1290. The highest BCUT2D eigenvalue weighted by molar-refractivity contribution is 7.99. The minimum atomic E-state index is -0.403. The van der Waals surface area contributed by atoms with Crippen molar-refractivity contribution >= 4 is 28.9 Å². The molecular weight excluding hydrogens is 468 g/mol. The first-order valence-electron chi connectivity index (χ1n) is 12.1. The molecule has 0 aliphatic carbocycles. The van der Waals surface area contributed by atoms with Gasteiger partial charge in [0.15, 0.2) is 0 Å². The highest BCUT2D eigenvalue weighted by atomic mass is 32.2. The molecule has 1 N–H and O–H groups in total. The van der Waals surface area contributed by atoms with E-state index in [9.17, 15) is 10.1 Å². The Balaban J connectivity index is 1.52. The van der Waals surface area contributed by atoms with Crippen LogP contribution in [-0.2, 0) is 10.5 Å². The third kappa shape index (κ3) is 5.89. The van der Waals surface area contributed by atoms with E-state index in [1.165, 1.54) is 0 Å². The van der Waals surface area contributed by atoms with Crippen LogP contribution in [0.5, 0.6) is 5.75 Å². The van der Waals surface area contributed by atoms with Crippen molar-refractivity contribution in [1.82, 2.24) is 9.55 Å². The molecule has 4 rings (SSSR count). The number of pyridine rings is 1. The fraction of sp³-hybridized carbons (Fsp3) is 0.276. The van der Waals surface area contributed by atoms with Crippen LogP contribution in [0.15, 0.2) is 78.8 Å². The zero-order valence-corrected chi connectivity index (χ0v) is 21.4. The lowest BCUT2D eigenvalue weighted by Crippen LogP contribution is -2.14. The molecule has 0 radical (unpaired) electrons. The fourth-order valence-electron chi connectivity index (χ4n) is 4.21. The van der Waals surface area contributed by atoms with Crippen molar-refractivity contribution in [3.05, 3.63) is 95.6 Å². The SMILES string of the molecule is CCCCCC(=CC=C(C#N)C(=O)Nc1ccn2c1CSC2c1cccnc1)c1ccc(OC)cc1. The number of nitrogens with one attached hydrogen (secondary N) is 1. The van der Waals surface area contributed by atoms with E-state index in [1.54, 1.807) is 31.1 Å². The van der Waals surface area contributed by atoms with Crippen LogP contribution in [0.3, 0.4) is 0 Å². The average molecular weight is 499 g/mol. The minimum Gasteiger partial charge on any atom is -0.497 e. The van der Waals surface area contributed by atoms with Crippen molar-refractivity contribution in [2.75, 3.05) is 12.4 Å². The number of methoxy groups -OCH3 is 1. The Morgan fingerprint density at radius 3 is 2.78 bits per heavy atom. The number of aromatic nitrogens is 2. The van der Waals surface area contributed by atoms with Crippen LogP contribution in [0.2, 0.25) is 0 Å². The quantitative estimate of drug-likeness (QED) is 0.145. The summed E-state index contributed by atoms with van der Waals surface area (Å²) in [7, 11) is 1.64. The third-order valence-corrected chi connectivity index (χ3v) is 7.45. The van der Waals surface area contributed by atoms with Gasteiger partial charge in [-0.2, -0.15) is 5.26 Å². The normalized spacial score (nSPS) is 15.3. The number of anilines is 1. The Labute approximate surface area is 216 Å². The predicted molar refractivity (Wildman–Crippen MR) is 146 cm³/mol. The number of carbonyl (C=O) groups is 1. The van der Waals surface area contributed by atoms with Gasteiger partial charge in [-0.15, -0.1) is 11.8 Å². The summed E-state index contributed by atoms with van der Waals surface area (Å²) in [5, 5.41) is 12.8. The van der Waals surface area contributed by atoms with Gasteiger partial charge in [0.1, 0.15) is 22.8 Å². The molecule has 0 spiro atoms. The highest BCUT2D eigenvalue weighted by Gasteiger charge is 2.27. The topological polar surface area (TPSA) is 79.9 Å². The summed E-state index contributed by atoms with van der Waals surface area (Å²) in [4.78, 5) is 17.2. The summed E-state index contributed by atoms with van der Waals surface area (Å²) in [5.41, 5.74) is 5.12. The monoisotopic (exact) mass is 498 g/mol. The smallest absolute Gasteiger partial charge is 0.266 e. The van der Waals surface area contributed by atoms with E-state index in [4.69, 9.17) is 4.74 Å². The highest BCUT2D eigenvalue weighted by Crippen LogP contribution is 2.43. The van der Waals surface area contributed by atoms with Crippen molar-refractivity contribution < 1.29 is 9.53 Å². The van der Waals surface area contributed by atoms with Crippen molar-refractivity contribution in [2.24, 2.45) is 0 Å². The van der Waals surface area contributed by atoms with E-state index in [1.807, 2.05) is 54.9 Å². The number of amides is 1. The first-order chi connectivity index (χ1) is 17.6. The Kier molecular flexibility index (Phi) is 8.64. The summed E-state index contributed by atoms with van der Waals surface area (Å²) in [6, 6.07) is 15.8. The molecule has 7 heteroatoms. The summed E-state index contributed by atoms with van der Waals surface area (Å²) >= 11 is 1.78. The van der Waals surface area contributed by atoms with Gasteiger partial charge in [0.25, 0.3) is 5.91 Å². The summed E-state index contributed by atoms with van der Waals surface area (Å²) in [6.07, 6.45) is 13.3. The molecule has 184 valence electrons. The van der Waals surface area contributed by atoms with Gasteiger partial charge in [-0.3, -0.25) is 9.78 Å². The van der Waals surface area contributed by atoms with Crippen LogP contribution >= 0.6 is 11.8 Å². The maximum atomic E-state index is 13.0. The van der Waals surface area contributed by atoms with Crippen molar-refractivity contribution in [3.8, 4) is 11.8 Å². The Morgan fingerprint density at radius 2 is 2.08 bits per heavy atom. The molecule has 0 saturated heterocycles. The fourth-order valence-corrected chi connectivity index (χ4v) is 5.52. The van der Waals surface area contributed by atoms with Crippen LogP contribution in [0.4, 0.5) is 5.69 Å². The molecular formula is C29H30N4O2S. The van der Waals surface area contributed by atoms with Gasteiger partial charge in [0.2, 0.25) is 0 Å². The molecule has 1 aliphatic heterocycles. The van der Waals surface area contributed by atoms with Gasteiger partial charge >= 0.3 is 0 Å². The number of carbonyl (C=O) groups excluding carboxylic acids is 1. The number of nitrogens with zero attached hydrogens (tertiary/aromatic N) is 3. The number of hydrogen-bond acceptors (Lipinski definition) is 5. The Hall–Kier alpha value is -3.76. The molecule has 1 aromatic carbocycles. The van der Waals surface area contributed by atoms with Gasteiger partial charge in [0.05, 0.1) is 18.5 Å².